The van der Waals surface area contributed by atoms with Crippen molar-refractivity contribution in [2.75, 3.05) is 18.4 Å². The molecule has 1 amide bonds. The summed E-state index contributed by atoms with van der Waals surface area (Å²) in [6, 6.07) is 5.11. The molecule has 1 aliphatic heterocycles. The molecule has 124 valence electrons. The zero-order chi connectivity index (χ0) is 16.4. The number of nitrogens with zero attached hydrogens (tertiary/aromatic N) is 2. The molecule has 0 aromatic heterocycles. The molecule has 1 N–H and O–H groups in total. The Labute approximate surface area is 136 Å². The lowest BCUT2D eigenvalue weighted by molar-refractivity contribution is -0.385. The Kier molecular flexibility index (Phi) is 4.50. The first-order valence-electron chi connectivity index (χ1n) is 8.40. The van der Waals surface area contributed by atoms with E-state index in [0.29, 0.717) is 25.0 Å². The maximum Gasteiger partial charge on any atom is 0.282 e. The van der Waals surface area contributed by atoms with Gasteiger partial charge in [0.2, 0.25) is 0 Å². The number of amides is 1. The van der Waals surface area contributed by atoms with E-state index in [1.807, 2.05) is 0 Å². The molecule has 3 rings (SSSR count). The van der Waals surface area contributed by atoms with Crippen molar-refractivity contribution in [1.29, 1.82) is 0 Å². The van der Waals surface area contributed by atoms with Gasteiger partial charge in [0.25, 0.3) is 11.6 Å². The van der Waals surface area contributed by atoms with Gasteiger partial charge in [0.15, 0.2) is 0 Å². The predicted octanol–water partition coefficient (Wildman–Crippen LogP) is 3.43. The van der Waals surface area contributed by atoms with Crippen molar-refractivity contribution in [3.8, 4) is 0 Å². The molecular weight excluding hydrogens is 294 g/mol. The monoisotopic (exact) mass is 317 g/mol. The molecule has 1 aromatic rings. The zero-order valence-corrected chi connectivity index (χ0v) is 13.5. The van der Waals surface area contributed by atoms with Crippen molar-refractivity contribution in [2.24, 2.45) is 5.92 Å². The normalized spacial score (nSPS) is 19.3. The molecule has 1 aromatic carbocycles. The molecule has 2 fully saturated rings. The Balaban J connectivity index is 1.83. The van der Waals surface area contributed by atoms with Gasteiger partial charge in [-0.2, -0.15) is 0 Å². The van der Waals surface area contributed by atoms with Crippen molar-refractivity contribution in [3.63, 3.8) is 0 Å². The first-order chi connectivity index (χ1) is 11.1. The maximum atomic E-state index is 12.6. The van der Waals surface area contributed by atoms with E-state index in [2.05, 4.69) is 12.2 Å². The second kappa shape index (κ2) is 6.56. The number of nitrogens with one attached hydrogen (secondary N) is 1. The number of anilines is 1. The van der Waals surface area contributed by atoms with Gasteiger partial charge in [-0.15, -0.1) is 0 Å². The highest BCUT2D eigenvalue weighted by molar-refractivity contribution is 5.99. The standard InChI is InChI=1S/C17H23N3O3/c1-12(13-5-4-6-13)18-14-7-8-16(20(22)23)15(11-14)17(21)19-9-2-3-10-19/h7-8,11-13,18H,2-6,9-10H2,1H3. The predicted molar refractivity (Wildman–Crippen MR) is 88.7 cm³/mol. The smallest absolute Gasteiger partial charge is 0.282 e. The molecule has 1 atom stereocenters. The summed E-state index contributed by atoms with van der Waals surface area (Å²) < 4.78 is 0. The minimum Gasteiger partial charge on any atom is -0.382 e. The van der Waals surface area contributed by atoms with E-state index < -0.39 is 4.92 Å². The van der Waals surface area contributed by atoms with Crippen LogP contribution in [0.4, 0.5) is 11.4 Å². The van der Waals surface area contributed by atoms with Crippen LogP contribution in [0.5, 0.6) is 0 Å². The lowest BCUT2D eigenvalue weighted by Crippen LogP contribution is -2.31. The van der Waals surface area contributed by atoms with Crippen LogP contribution < -0.4 is 5.32 Å². The van der Waals surface area contributed by atoms with Gasteiger partial charge in [0.05, 0.1) is 4.92 Å². The van der Waals surface area contributed by atoms with E-state index in [1.54, 1.807) is 17.0 Å². The van der Waals surface area contributed by atoms with Gasteiger partial charge >= 0.3 is 0 Å². The van der Waals surface area contributed by atoms with E-state index in [4.69, 9.17) is 0 Å². The van der Waals surface area contributed by atoms with Gasteiger partial charge in [0, 0.05) is 30.9 Å². The van der Waals surface area contributed by atoms with Crippen LogP contribution in [-0.2, 0) is 0 Å². The van der Waals surface area contributed by atoms with E-state index in [0.717, 1.165) is 18.5 Å². The molecule has 1 saturated carbocycles. The van der Waals surface area contributed by atoms with Gasteiger partial charge in [-0.3, -0.25) is 14.9 Å². The van der Waals surface area contributed by atoms with Gasteiger partial charge in [-0.05, 0) is 50.7 Å². The molecular formula is C17H23N3O3. The minimum absolute atomic E-state index is 0.108. The highest BCUT2D eigenvalue weighted by Gasteiger charge is 2.28. The molecule has 1 heterocycles. The van der Waals surface area contributed by atoms with Crippen LogP contribution in [0, 0.1) is 16.0 Å². The first kappa shape index (κ1) is 15.8. The molecule has 6 heteroatoms. The molecule has 2 aliphatic rings. The van der Waals surface area contributed by atoms with Gasteiger partial charge in [-0.25, -0.2) is 0 Å². The third kappa shape index (κ3) is 3.30. The molecule has 0 bridgehead atoms. The molecule has 1 aliphatic carbocycles. The summed E-state index contributed by atoms with van der Waals surface area (Å²) >= 11 is 0. The van der Waals surface area contributed by atoms with Crippen molar-refractivity contribution in [3.05, 3.63) is 33.9 Å². The van der Waals surface area contributed by atoms with Crippen molar-refractivity contribution >= 4 is 17.3 Å². The number of carbonyl (C=O) groups is 1. The van der Waals surface area contributed by atoms with Crippen molar-refractivity contribution in [1.82, 2.24) is 4.90 Å². The fraction of sp³-hybridized carbons (Fsp3) is 0.588. The average Bonchev–Trinajstić information content (AvgIpc) is 2.98. The summed E-state index contributed by atoms with van der Waals surface area (Å²) in [5.74, 6) is 0.428. The summed E-state index contributed by atoms with van der Waals surface area (Å²) in [7, 11) is 0. The Bertz CT molecular complexity index is 607. The van der Waals surface area contributed by atoms with Crippen LogP contribution >= 0.6 is 0 Å². The fourth-order valence-electron chi connectivity index (χ4n) is 3.37. The minimum atomic E-state index is -0.470. The lowest BCUT2D eigenvalue weighted by Gasteiger charge is -2.32. The number of nitro benzene ring substituents is 1. The number of hydrogen-bond acceptors (Lipinski definition) is 4. The zero-order valence-electron chi connectivity index (χ0n) is 13.5. The first-order valence-corrected chi connectivity index (χ1v) is 8.40. The van der Waals surface area contributed by atoms with Crippen molar-refractivity contribution in [2.45, 2.75) is 45.1 Å². The molecule has 1 saturated heterocycles. The second-order valence-electron chi connectivity index (χ2n) is 6.61. The largest absolute Gasteiger partial charge is 0.382 e. The van der Waals surface area contributed by atoms with Gasteiger partial charge in [-0.1, -0.05) is 6.42 Å². The van der Waals surface area contributed by atoms with Crippen LogP contribution in [0.25, 0.3) is 0 Å². The van der Waals surface area contributed by atoms with Gasteiger partial charge in [0.1, 0.15) is 5.56 Å². The van der Waals surface area contributed by atoms with Crippen LogP contribution in [-0.4, -0.2) is 34.9 Å². The highest BCUT2D eigenvalue weighted by Crippen LogP contribution is 2.32. The Morgan fingerprint density at radius 3 is 2.57 bits per heavy atom. The van der Waals surface area contributed by atoms with Crippen molar-refractivity contribution < 1.29 is 9.72 Å². The quantitative estimate of drug-likeness (QED) is 0.667. The third-order valence-corrected chi connectivity index (χ3v) is 5.07. The highest BCUT2D eigenvalue weighted by atomic mass is 16.6. The van der Waals surface area contributed by atoms with E-state index in [9.17, 15) is 14.9 Å². The Hall–Kier alpha value is -2.11. The second-order valence-corrected chi connectivity index (χ2v) is 6.61. The number of nitro groups is 1. The summed E-state index contributed by atoms with van der Waals surface area (Å²) in [6.07, 6.45) is 5.66. The average molecular weight is 317 g/mol. The Morgan fingerprint density at radius 1 is 1.30 bits per heavy atom. The van der Waals surface area contributed by atoms with Crippen LogP contribution in [0.15, 0.2) is 18.2 Å². The molecule has 23 heavy (non-hydrogen) atoms. The number of likely N-dealkylation sites (tertiary alicyclic amines) is 1. The van der Waals surface area contributed by atoms with E-state index in [-0.39, 0.29) is 17.2 Å². The van der Waals surface area contributed by atoms with E-state index >= 15 is 0 Å². The number of rotatable bonds is 5. The number of carbonyl (C=O) groups excluding carboxylic acids is 1. The van der Waals surface area contributed by atoms with Crippen LogP contribution in [0.1, 0.15) is 49.4 Å². The summed E-state index contributed by atoms with van der Waals surface area (Å²) in [4.78, 5) is 25.1. The number of benzene rings is 1. The summed E-state index contributed by atoms with van der Waals surface area (Å²) in [5.41, 5.74) is 0.879. The van der Waals surface area contributed by atoms with E-state index in [1.165, 1.54) is 25.3 Å². The topological polar surface area (TPSA) is 75.5 Å². The molecule has 6 nitrogen and oxygen atoms in total. The molecule has 0 spiro atoms. The lowest BCUT2D eigenvalue weighted by atomic mass is 9.80. The maximum absolute atomic E-state index is 12.6. The van der Waals surface area contributed by atoms with Gasteiger partial charge < -0.3 is 10.2 Å². The third-order valence-electron chi connectivity index (χ3n) is 5.07. The Morgan fingerprint density at radius 2 is 2.00 bits per heavy atom. The SMILES string of the molecule is CC(Nc1ccc([N+](=O)[O-])c(C(=O)N2CCCC2)c1)C1CCC1. The number of hydrogen-bond donors (Lipinski definition) is 1. The summed E-state index contributed by atoms with van der Waals surface area (Å²) in [6.45, 7) is 3.51. The van der Waals surface area contributed by atoms with Crippen LogP contribution in [0.3, 0.4) is 0 Å². The molecule has 0 radical (unpaired) electrons. The summed E-state index contributed by atoms with van der Waals surface area (Å²) in [5, 5.41) is 14.7. The fourth-order valence-corrected chi connectivity index (χ4v) is 3.37. The molecule has 1 unspecified atom stereocenters. The van der Waals surface area contributed by atoms with Crippen LogP contribution in [0.2, 0.25) is 0 Å².